The van der Waals surface area contributed by atoms with Gasteiger partial charge in [-0.05, 0) is 37.1 Å². The minimum absolute atomic E-state index is 0.0223. The molecule has 0 aromatic heterocycles. The molecule has 2 aromatic rings. The first kappa shape index (κ1) is 16.1. The van der Waals surface area contributed by atoms with Crippen molar-refractivity contribution in [1.82, 2.24) is 4.90 Å². The lowest BCUT2D eigenvalue weighted by atomic mass is 10.1. The fraction of sp³-hybridized carbons (Fsp3) is 0.235. The smallest absolute Gasteiger partial charge is 0.255 e. The van der Waals surface area contributed by atoms with E-state index in [0.717, 1.165) is 10.9 Å². The van der Waals surface area contributed by atoms with Gasteiger partial charge in [0.25, 0.3) is 5.91 Å². The van der Waals surface area contributed by atoms with Gasteiger partial charge >= 0.3 is 0 Å². The molecular weight excluding hydrogens is 350 g/mol. The minimum atomic E-state index is -0.0223. The Balaban J connectivity index is 2.08. The molecule has 0 unspecified atom stereocenters. The molecule has 0 N–H and O–H groups in total. The highest BCUT2D eigenvalue weighted by Gasteiger charge is 2.17. The third-order valence-corrected chi connectivity index (χ3v) is 4.15. The van der Waals surface area contributed by atoms with E-state index in [4.69, 9.17) is 11.6 Å². The van der Waals surface area contributed by atoms with Crippen LogP contribution in [0.5, 0.6) is 0 Å². The van der Waals surface area contributed by atoms with E-state index in [1.807, 2.05) is 36.1 Å². The lowest BCUT2D eigenvalue weighted by Crippen LogP contribution is -2.32. The van der Waals surface area contributed by atoms with Crippen molar-refractivity contribution < 1.29 is 4.79 Å². The average molecular weight is 367 g/mol. The minimum Gasteiger partial charge on any atom is -0.339 e. The van der Waals surface area contributed by atoms with E-state index in [0.29, 0.717) is 23.7 Å². The van der Waals surface area contributed by atoms with Crippen molar-refractivity contribution in [3.63, 3.8) is 0 Å². The molecule has 0 aliphatic heterocycles. The van der Waals surface area contributed by atoms with Gasteiger partial charge in [0.1, 0.15) is 0 Å². The van der Waals surface area contributed by atoms with Crippen molar-refractivity contribution >= 4 is 33.4 Å². The van der Waals surface area contributed by atoms with Crippen molar-refractivity contribution in [2.24, 2.45) is 0 Å². The number of carbonyl (C=O) groups is 1. The quantitative estimate of drug-likeness (QED) is 0.744. The molecule has 0 fully saturated rings. The fourth-order valence-electron chi connectivity index (χ4n) is 2.15. The lowest BCUT2D eigenvalue weighted by Gasteiger charge is -2.21. The van der Waals surface area contributed by atoms with Gasteiger partial charge in [0, 0.05) is 17.6 Å². The van der Waals surface area contributed by atoms with Crippen LogP contribution < -0.4 is 0 Å². The van der Waals surface area contributed by atoms with Gasteiger partial charge in [-0.15, -0.1) is 0 Å². The first-order valence-electron chi connectivity index (χ1n) is 6.90. The Morgan fingerprint density at radius 1 is 1.19 bits per heavy atom. The topological polar surface area (TPSA) is 20.3 Å². The van der Waals surface area contributed by atoms with Gasteiger partial charge in [-0.1, -0.05) is 57.9 Å². The maximum Gasteiger partial charge on any atom is 0.255 e. The highest BCUT2D eigenvalue weighted by atomic mass is 79.9. The van der Waals surface area contributed by atoms with Crippen molar-refractivity contribution in [3.05, 3.63) is 69.2 Å². The third kappa shape index (κ3) is 4.32. The van der Waals surface area contributed by atoms with Crippen LogP contribution in [0.4, 0.5) is 0 Å². The van der Waals surface area contributed by atoms with Gasteiger partial charge in [-0.2, -0.15) is 0 Å². The SMILES string of the molecule is CCN(CCc1ccccc1)C(=O)c1ccc(Br)cc1Cl. The van der Waals surface area contributed by atoms with Crippen LogP contribution in [0.2, 0.25) is 5.02 Å². The van der Waals surface area contributed by atoms with Gasteiger partial charge in [0.05, 0.1) is 10.6 Å². The molecule has 2 rings (SSSR count). The number of carbonyl (C=O) groups excluding carboxylic acids is 1. The summed E-state index contributed by atoms with van der Waals surface area (Å²) in [5.41, 5.74) is 1.78. The molecule has 0 aliphatic rings. The summed E-state index contributed by atoms with van der Waals surface area (Å²) in [4.78, 5) is 14.4. The highest BCUT2D eigenvalue weighted by molar-refractivity contribution is 9.10. The van der Waals surface area contributed by atoms with Crippen LogP contribution in [0, 0.1) is 0 Å². The fourth-order valence-corrected chi connectivity index (χ4v) is 2.90. The van der Waals surface area contributed by atoms with Gasteiger partial charge in [-0.3, -0.25) is 4.79 Å². The van der Waals surface area contributed by atoms with Crippen molar-refractivity contribution in [1.29, 1.82) is 0 Å². The van der Waals surface area contributed by atoms with E-state index < -0.39 is 0 Å². The van der Waals surface area contributed by atoms with E-state index in [-0.39, 0.29) is 5.91 Å². The molecule has 0 saturated carbocycles. The summed E-state index contributed by atoms with van der Waals surface area (Å²) >= 11 is 9.52. The largest absolute Gasteiger partial charge is 0.339 e. The Labute approximate surface area is 138 Å². The maximum atomic E-state index is 12.6. The summed E-state index contributed by atoms with van der Waals surface area (Å²) in [6.07, 6.45) is 0.842. The van der Waals surface area contributed by atoms with Crippen LogP contribution in [0.15, 0.2) is 53.0 Å². The van der Waals surface area contributed by atoms with Crippen LogP contribution in [0.1, 0.15) is 22.8 Å². The van der Waals surface area contributed by atoms with Gasteiger partial charge in [0.2, 0.25) is 0 Å². The predicted molar refractivity (Wildman–Crippen MR) is 90.9 cm³/mol. The standard InChI is InChI=1S/C17H17BrClNO/c1-2-20(11-10-13-6-4-3-5-7-13)17(21)15-9-8-14(18)12-16(15)19/h3-9,12H,2,10-11H2,1H3. The Hall–Kier alpha value is -1.32. The summed E-state index contributed by atoms with van der Waals surface area (Å²) in [6, 6.07) is 15.5. The molecular formula is C17H17BrClNO. The Morgan fingerprint density at radius 2 is 1.90 bits per heavy atom. The molecule has 0 saturated heterocycles. The molecule has 1 amide bonds. The second-order valence-electron chi connectivity index (χ2n) is 4.74. The molecule has 2 aromatic carbocycles. The zero-order chi connectivity index (χ0) is 15.2. The number of benzene rings is 2. The summed E-state index contributed by atoms with van der Waals surface area (Å²) in [5, 5.41) is 0.479. The summed E-state index contributed by atoms with van der Waals surface area (Å²) in [6.45, 7) is 3.33. The van der Waals surface area contributed by atoms with E-state index in [1.54, 1.807) is 12.1 Å². The number of likely N-dealkylation sites (N-methyl/N-ethyl adjacent to an activating group) is 1. The monoisotopic (exact) mass is 365 g/mol. The number of hydrogen-bond donors (Lipinski definition) is 0. The second kappa shape index (κ2) is 7.62. The summed E-state index contributed by atoms with van der Waals surface area (Å²) in [7, 11) is 0. The van der Waals surface area contributed by atoms with Crippen LogP contribution in [0.3, 0.4) is 0 Å². The summed E-state index contributed by atoms with van der Waals surface area (Å²) in [5.74, 6) is -0.0223. The molecule has 110 valence electrons. The van der Waals surface area contributed by atoms with Crippen molar-refractivity contribution in [2.75, 3.05) is 13.1 Å². The molecule has 0 spiro atoms. The highest BCUT2D eigenvalue weighted by Crippen LogP contribution is 2.22. The Kier molecular flexibility index (Phi) is 5.83. The summed E-state index contributed by atoms with van der Waals surface area (Å²) < 4.78 is 0.872. The maximum absolute atomic E-state index is 12.6. The van der Waals surface area contributed by atoms with Crippen LogP contribution in [-0.4, -0.2) is 23.9 Å². The van der Waals surface area contributed by atoms with E-state index in [2.05, 4.69) is 28.1 Å². The molecule has 0 bridgehead atoms. The van der Waals surface area contributed by atoms with Gasteiger partial charge in [0.15, 0.2) is 0 Å². The van der Waals surface area contributed by atoms with Gasteiger partial charge < -0.3 is 4.90 Å². The Morgan fingerprint density at radius 3 is 2.52 bits per heavy atom. The first-order chi connectivity index (χ1) is 10.1. The van der Waals surface area contributed by atoms with Crippen LogP contribution in [0.25, 0.3) is 0 Å². The number of hydrogen-bond acceptors (Lipinski definition) is 1. The molecule has 0 aliphatic carbocycles. The Bertz CT molecular complexity index is 615. The predicted octanol–water partition coefficient (Wildman–Crippen LogP) is 4.81. The normalized spacial score (nSPS) is 10.4. The molecule has 4 heteroatoms. The molecule has 0 radical (unpaired) electrons. The van der Waals surface area contributed by atoms with Crippen LogP contribution >= 0.6 is 27.5 Å². The average Bonchev–Trinajstić information content (AvgIpc) is 2.48. The third-order valence-electron chi connectivity index (χ3n) is 3.34. The zero-order valence-corrected chi connectivity index (χ0v) is 14.2. The number of halogens is 2. The van der Waals surface area contributed by atoms with Crippen LogP contribution in [-0.2, 0) is 6.42 Å². The van der Waals surface area contributed by atoms with E-state index >= 15 is 0 Å². The van der Waals surface area contributed by atoms with E-state index in [1.165, 1.54) is 5.56 Å². The number of amides is 1. The van der Waals surface area contributed by atoms with E-state index in [9.17, 15) is 4.79 Å². The molecule has 21 heavy (non-hydrogen) atoms. The molecule has 0 heterocycles. The van der Waals surface area contributed by atoms with Crippen molar-refractivity contribution in [3.8, 4) is 0 Å². The second-order valence-corrected chi connectivity index (χ2v) is 6.07. The zero-order valence-electron chi connectivity index (χ0n) is 11.9. The number of nitrogens with zero attached hydrogens (tertiary/aromatic N) is 1. The van der Waals surface area contributed by atoms with Crippen molar-refractivity contribution in [2.45, 2.75) is 13.3 Å². The lowest BCUT2D eigenvalue weighted by molar-refractivity contribution is 0.0766. The molecule has 2 nitrogen and oxygen atoms in total. The van der Waals surface area contributed by atoms with Gasteiger partial charge in [-0.25, -0.2) is 0 Å². The number of rotatable bonds is 5. The molecule has 0 atom stereocenters. The first-order valence-corrected chi connectivity index (χ1v) is 8.07.